The summed E-state index contributed by atoms with van der Waals surface area (Å²) in [5.41, 5.74) is 0.898. The van der Waals surface area contributed by atoms with Crippen LogP contribution in [-0.4, -0.2) is 29.8 Å². The number of rotatable bonds is 6. The Morgan fingerprint density at radius 1 is 1.47 bits per heavy atom. The van der Waals surface area contributed by atoms with Crippen LogP contribution in [0, 0.1) is 0 Å². The van der Waals surface area contributed by atoms with Crippen molar-refractivity contribution in [2.45, 2.75) is 37.0 Å². The Kier molecular flexibility index (Phi) is 4.63. The van der Waals surface area contributed by atoms with Gasteiger partial charge in [-0.15, -0.1) is 0 Å². The van der Waals surface area contributed by atoms with Gasteiger partial charge in [-0.05, 0) is 44.2 Å². The Hall–Kier alpha value is -0.870. The predicted molar refractivity (Wildman–Crippen MR) is 81.2 cm³/mol. The second kappa shape index (κ2) is 6.06. The highest BCUT2D eigenvalue weighted by atomic mass is 32.2. The number of phenols is 1. The molecule has 106 valence electrons. The number of methoxy groups -OCH3 is 1. The minimum absolute atomic E-state index is 0.125. The van der Waals surface area contributed by atoms with E-state index >= 15 is 0 Å². The zero-order valence-corrected chi connectivity index (χ0v) is 12.7. The quantitative estimate of drug-likeness (QED) is 0.839. The van der Waals surface area contributed by atoms with Crippen LogP contribution in [0.4, 0.5) is 0 Å². The molecule has 1 saturated carbocycles. The summed E-state index contributed by atoms with van der Waals surface area (Å²) in [5, 5.41) is 13.5. The Bertz CT molecular complexity index is 427. The van der Waals surface area contributed by atoms with Crippen molar-refractivity contribution in [3.05, 3.63) is 23.8 Å². The summed E-state index contributed by atoms with van der Waals surface area (Å²) in [6.45, 7) is 3.08. The fourth-order valence-corrected chi connectivity index (χ4v) is 3.40. The van der Waals surface area contributed by atoms with Crippen LogP contribution in [0.1, 0.15) is 37.8 Å². The summed E-state index contributed by atoms with van der Waals surface area (Å²) in [6, 6.07) is 5.50. The van der Waals surface area contributed by atoms with E-state index in [0.29, 0.717) is 10.5 Å². The molecule has 1 aromatic rings. The van der Waals surface area contributed by atoms with Gasteiger partial charge in [0.15, 0.2) is 0 Å². The number of nitrogens with one attached hydrogen (secondary N) is 1. The molecule has 4 heteroatoms. The van der Waals surface area contributed by atoms with Crippen molar-refractivity contribution in [2.75, 3.05) is 19.9 Å². The summed E-state index contributed by atoms with van der Waals surface area (Å²) in [6.07, 6.45) is 6.10. The fourth-order valence-electron chi connectivity index (χ4n) is 2.48. The minimum atomic E-state index is 0.125. The third-order valence-electron chi connectivity index (χ3n) is 4.13. The van der Waals surface area contributed by atoms with Gasteiger partial charge in [-0.1, -0.05) is 6.42 Å². The van der Waals surface area contributed by atoms with E-state index in [9.17, 15) is 5.11 Å². The molecule has 3 nitrogen and oxygen atoms in total. The van der Waals surface area contributed by atoms with E-state index in [4.69, 9.17) is 4.74 Å². The number of benzene rings is 1. The standard InChI is InChI=1S/C15H23NO2S/c1-11(16-10-15(19-3)7-4-8-15)13-9-12(18-2)5-6-14(13)17/h5-6,9,11,16-17H,4,7-8,10H2,1-3H3. The third kappa shape index (κ3) is 3.18. The first-order valence-electron chi connectivity index (χ1n) is 6.76. The van der Waals surface area contributed by atoms with Crippen LogP contribution in [0.5, 0.6) is 11.5 Å². The predicted octanol–water partition coefficient (Wildman–Crippen LogP) is 3.34. The maximum absolute atomic E-state index is 9.96. The van der Waals surface area contributed by atoms with Gasteiger partial charge in [-0.2, -0.15) is 11.8 Å². The average Bonchev–Trinajstić information content (AvgIpc) is 2.38. The van der Waals surface area contributed by atoms with Crippen LogP contribution < -0.4 is 10.1 Å². The number of thioether (sulfide) groups is 1. The zero-order chi connectivity index (χ0) is 13.9. The second-order valence-electron chi connectivity index (χ2n) is 5.27. The summed E-state index contributed by atoms with van der Waals surface area (Å²) in [5.74, 6) is 1.11. The van der Waals surface area contributed by atoms with Crippen molar-refractivity contribution in [1.29, 1.82) is 0 Å². The lowest BCUT2D eigenvalue weighted by Gasteiger charge is -2.41. The van der Waals surface area contributed by atoms with Gasteiger partial charge in [0.25, 0.3) is 0 Å². The lowest BCUT2D eigenvalue weighted by molar-refractivity contribution is 0.332. The SMILES string of the molecule is COc1ccc(O)c(C(C)NCC2(SC)CCC2)c1. The van der Waals surface area contributed by atoms with Crippen molar-refractivity contribution in [1.82, 2.24) is 5.32 Å². The fraction of sp³-hybridized carbons (Fsp3) is 0.600. The van der Waals surface area contributed by atoms with Crippen LogP contribution in [0.3, 0.4) is 0 Å². The van der Waals surface area contributed by atoms with Crippen molar-refractivity contribution in [2.24, 2.45) is 0 Å². The Balaban J connectivity index is 2.01. The number of hydrogen-bond acceptors (Lipinski definition) is 4. The van der Waals surface area contributed by atoms with E-state index in [1.54, 1.807) is 19.2 Å². The molecule has 0 aromatic heterocycles. The summed E-state index contributed by atoms with van der Waals surface area (Å²) >= 11 is 1.96. The van der Waals surface area contributed by atoms with Gasteiger partial charge in [0, 0.05) is 22.9 Å². The normalized spacial score (nSPS) is 18.7. The Morgan fingerprint density at radius 2 is 2.21 bits per heavy atom. The highest BCUT2D eigenvalue weighted by Crippen LogP contribution is 2.42. The number of ether oxygens (including phenoxy) is 1. The first kappa shape index (κ1) is 14.5. The van der Waals surface area contributed by atoms with Crippen molar-refractivity contribution in [3.63, 3.8) is 0 Å². The first-order valence-corrected chi connectivity index (χ1v) is 7.98. The smallest absolute Gasteiger partial charge is 0.120 e. The van der Waals surface area contributed by atoms with E-state index in [0.717, 1.165) is 17.9 Å². The number of aromatic hydroxyl groups is 1. The van der Waals surface area contributed by atoms with Crippen LogP contribution in [0.15, 0.2) is 18.2 Å². The number of phenolic OH excluding ortho intramolecular Hbond substituents is 1. The molecule has 0 heterocycles. The van der Waals surface area contributed by atoms with E-state index in [-0.39, 0.29) is 6.04 Å². The van der Waals surface area contributed by atoms with Crippen LogP contribution >= 0.6 is 11.8 Å². The maximum atomic E-state index is 9.96. The molecule has 2 N–H and O–H groups in total. The van der Waals surface area contributed by atoms with Crippen molar-refractivity contribution in [3.8, 4) is 11.5 Å². The van der Waals surface area contributed by atoms with Crippen LogP contribution in [0.2, 0.25) is 0 Å². The molecule has 0 saturated heterocycles. The topological polar surface area (TPSA) is 41.5 Å². The maximum Gasteiger partial charge on any atom is 0.120 e. The molecular weight excluding hydrogens is 258 g/mol. The molecule has 0 aliphatic heterocycles. The zero-order valence-electron chi connectivity index (χ0n) is 11.9. The molecule has 1 aliphatic carbocycles. The van der Waals surface area contributed by atoms with Crippen molar-refractivity contribution < 1.29 is 9.84 Å². The Morgan fingerprint density at radius 3 is 2.74 bits per heavy atom. The van der Waals surface area contributed by atoms with Gasteiger partial charge >= 0.3 is 0 Å². The molecule has 0 amide bonds. The van der Waals surface area contributed by atoms with E-state index in [2.05, 4.69) is 18.5 Å². The largest absolute Gasteiger partial charge is 0.508 e. The lowest BCUT2D eigenvalue weighted by atomic mass is 9.84. The summed E-state index contributed by atoms with van der Waals surface area (Å²) in [7, 11) is 1.64. The van der Waals surface area contributed by atoms with E-state index in [1.165, 1.54) is 19.3 Å². The molecule has 1 atom stereocenters. The summed E-state index contributed by atoms with van der Waals surface area (Å²) < 4.78 is 5.62. The molecule has 0 radical (unpaired) electrons. The van der Waals surface area contributed by atoms with Crippen molar-refractivity contribution >= 4 is 11.8 Å². The highest BCUT2D eigenvalue weighted by molar-refractivity contribution is 8.00. The van der Waals surface area contributed by atoms with Gasteiger partial charge in [0.1, 0.15) is 11.5 Å². The molecule has 2 rings (SSSR count). The molecule has 1 aliphatic rings. The number of hydrogen-bond donors (Lipinski definition) is 2. The minimum Gasteiger partial charge on any atom is -0.508 e. The molecule has 1 aromatic carbocycles. The molecule has 0 bridgehead atoms. The third-order valence-corrected chi connectivity index (χ3v) is 5.55. The molecule has 1 fully saturated rings. The van der Waals surface area contributed by atoms with Crippen LogP contribution in [-0.2, 0) is 0 Å². The van der Waals surface area contributed by atoms with Gasteiger partial charge in [0.05, 0.1) is 7.11 Å². The van der Waals surface area contributed by atoms with Gasteiger partial charge < -0.3 is 15.2 Å². The van der Waals surface area contributed by atoms with Crippen LogP contribution in [0.25, 0.3) is 0 Å². The molecule has 19 heavy (non-hydrogen) atoms. The van der Waals surface area contributed by atoms with Gasteiger partial charge in [0.2, 0.25) is 0 Å². The highest BCUT2D eigenvalue weighted by Gasteiger charge is 2.36. The summed E-state index contributed by atoms with van der Waals surface area (Å²) in [4.78, 5) is 0. The first-order chi connectivity index (χ1) is 9.10. The Labute approximate surface area is 119 Å². The lowest BCUT2D eigenvalue weighted by Crippen LogP contribution is -2.44. The van der Waals surface area contributed by atoms with Gasteiger partial charge in [-0.25, -0.2) is 0 Å². The second-order valence-corrected chi connectivity index (χ2v) is 6.54. The van der Waals surface area contributed by atoms with E-state index in [1.807, 2.05) is 17.8 Å². The molecule has 1 unspecified atom stereocenters. The van der Waals surface area contributed by atoms with E-state index < -0.39 is 0 Å². The monoisotopic (exact) mass is 281 g/mol. The van der Waals surface area contributed by atoms with Gasteiger partial charge in [-0.3, -0.25) is 0 Å². The molecule has 0 spiro atoms. The average molecular weight is 281 g/mol. The molecular formula is C15H23NO2S.